The molecule has 0 bridgehead atoms. The Morgan fingerprint density at radius 1 is 1.33 bits per heavy atom. The highest BCUT2D eigenvalue weighted by molar-refractivity contribution is 9.10. The molecule has 0 fully saturated rings. The molecule has 0 amide bonds. The van der Waals surface area contributed by atoms with Crippen LogP contribution in [0.15, 0.2) is 28.7 Å². The monoisotopic (exact) mass is 322 g/mol. The summed E-state index contributed by atoms with van der Waals surface area (Å²) in [6.45, 7) is 0. The maximum atomic E-state index is 4.81. The second-order valence-electron chi connectivity index (χ2n) is 4.52. The van der Waals surface area contributed by atoms with Gasteiger partial charge in [-0.3, -0.25) is 0 Å². The summed E-state index contributed by atoms with van der Waals surface area (Å²) < 4.78 is 1.14. The molecule has 94 valence electrons. The summed E-state index contributed by atoms with van der Waals surface area (Å²) in [6, 6.07) is 8.54. The van der Waals surface area contributed by atoms with E-state index in [1.807, 2.05) is 24.5 Å². The van der Waals surface area contributed by atoms with Crippen molar-refractivity contribution in [3.05, 3.63) is 49.9 Å². The van der Waals surface area contributed by atoms with Crippen LogP contribution in [0, 0.1) is 0 Å². The topological polar surface area (TPSA) is 24.9 Å². The number of nitrogens with one attached hydrogen (secondary N) is 1. The van der Waals surface area contributed by atoms with Crippen molar-refractivity contribution in [2.24, 2.45) is 0 Å². The first-order chi connectivity index (χ1) is 8.79. The highest BCUT2D eigenvalue weighted by Gasteiger charge is 2.23. The van der Waals surface area contributed by atoms with E-state index in [1.165, 1.54) is 34.0 Å². The zero-order valence-electron chi connectivity index (χ0n) is 10.2. The SMILES string of the molecule is CNC(c1nc2c(s1)CCC2)c1ccccc1Br. The summed E-state index contributed by atoms with van der Waals surface area (Å²) in [6.07, 6.45) is 3.63. The molecule has 3 rings (SSSR count). The molecule has 0 aliphatic heterocycles. The van der Waals surface area contributed by atoms with Gasteiger partial charge in [-0.05, 0) is 37.9 Å². The molecule has 0 saturated carbocycles. The molecule has 1 aromatic heterocycles. The zero-order valence-corrected chi connectivity index (χ0v) is 12.6. The largest absolute Gasteiger partial charge is 0.307 e. The molecular formula is C14H15BrN2S. The van der Waals surface area contributed by atoms with Crippen molar-refractivity contribution >= 4 is 27.3 Å². The summed E-state index contributed by atoms with van der Waals surface area (Å²) in [7, 11) is 2.00. The van der Waals surface area contributed by atoms with Crippen LogP contribution in [-0.4, -0.2) is 12.0 Å². The molecule has 0 saturated heterocycles. The van der Waals surface area contributed by atoms with Gasteiger partial charge in [0.05, 0.1) is 11.7 Å². The van der Waals surface area contributed by atoms with Crippen molar-refractivity contribution in [3.63, 3.8) is 0 Å². The van der Waals surface area contributed by atoms with Crippen molar-refractivity contribution in [1.82, 2.24) is 10.3 Å². The summed E-state index contributed by atoms with van der Waals surface area (Å²) in [5, 5.41) is 4.57. The van der Waals surface area contributed by atoms with Crippen molar-refractivity contribution < 1.29 is 0 Å². The first kappa shape index (κ1) is 12.3. The van der Waals surface area contributed by atoms with Crippen LogP contribution < -0.4 is 5.32 Å². The Morgan fingerprint density at radius 3 is 2.89 bits per heavy atom. The Kier molecular flexibility index (Phi) is 3.50. The average molecular weight is 323 g/mol. The fourth-order valence-electron chi connectivity index (χ4n) is 2.46. The predicted molar refractivity (Wildman–Crippen MR) is 79.2 cm³/mol. The van der Waals surface area contributed by atoms with Crippen molar-refractivity contribution in [1.29, 1.82) is 0 Å². The number of halogens is 1. The molecule has 2 nitrogen and oxygen atoms in total. The summed E-state index contributed by atoms with van der Waals surface area (Å²) >= 11 is 5.49. The standard InChI is InChI=1S/C14H15BrN2S/c1-16-13(9-5-2-3-6-10(9)15)14-17-11-7-4-8-12(11)18-14/h2-3,5-6,13,16H,4,7-8H2,1H3. The first-order valence-electron chi connectivity index (χ1n) is 6.19. The second kappa shape index (κ2) is 5.11. The van der Waals surface area contributed by atoms with Crippen LogP contribution in [0.3, 0.4) is 0 Å². The van der Waals surface area contributed by atoms with E-state index in [9.17, 15) is 0 Å². The molecule has 1 unspecified atom stereocenters. The quantitative estimate of drug-likeness (QED) is 0.931. The Labute approximate surface area is 120 Å². The highest BCUT2D eigenvalue weighted by Crippen LogP contribution is 2.35. The van der Waals surface area contributed by atoms with Gasteiger partial charge in [0.1, 0.15) is 5.01 Å². The molecule has 1 aromatic carbocycles. The maximum Gasteiger partial charge on any atom is 0.115 e. The van der Waals surface area contributed by atoms with Gasteiger partial charge in [-0.2, -0.15) is 0 Å². The van der Waals surface area contributed by atoms with E-state index >= 15 is 0 Å². The van der Waals surface area contributed by atoms with E-state index in [1.54, 1.807) is 0 Å². The lowest BCUT2D eigenvalue weighted by Gasteiger charge is -2.15. The lowest BCUT2D eigenvalue weighted by atomic mass is 10.1. The number of rotatable bonds is 3. The van der Waals surface area contributed by atoms with Gasteiger partial charge in [0, 0.05) is 9.35 Å². The number of nitrogens with zero attached hydrogens (tertiary/aromatic N) is 1. The van der Waals surface area contributed by atoms with Crippen molar-refractivity contribution in [2.75, 3.05) is 7.05 Å². The van der Waals surface area contributed by atoms with Crippen LogP contribution in [0.1, 0.15) is 33.6 Å². The van der Waals surface area contributed by atoms with Crippen LogP contribution >= 0.6 is 27.3 Å². The second-order valence-corrected chi connectivity index (χ2v) is 6.49. The van der Waals surface area contributed by atoms with Gasteiger partial charge in [-0.1, -0.05) is 34.1 Å². The molecule has 4 heteroatoms. The van der Waals surface area contributed by atoms with Gasteiger partial charge >= 0.3 is 0 Å². The number of hydrogen-bond acceptors (Lipinski definition) is 3. The van der Waals surface area contributed by atoms with E-state index < -0.39 is 0 Å². The van der Waals surface area contributed by atoms with Crippen molar-refractivity contribution in [3.8, 4) is 0 Å². The minimum absolute atomic E-state index is 0.191. The third-order valence-corrected chi connectivity index (χ3v) is 5.31. The van der Waals surface area contributed by atoms with Gasteiger partial charge in [-0.15, -0.1) is 11.3 Å². The summed E-state index contributed by atoms with van der Waals surface area (Å²) in [5.74, 6) is 0. The van der Waals surface area contributed by atoms with E-state index in [4.69, 9.17) is 4.98 Å². The number of benzene rings is 1. The minimum Gasteiger partial charge on any atom is -0.307 e. The van der Waals surface area contributed by atoms with Gasteiger partial charge in [0.2, 0.25) is 0 Å². The van der Waals surface area contributed by atoms with Gasteiger partial charge in [-0.25, -0.2) is 4.98 Å². The van der Waals surface area contributed by atoms with Crippen LogP contribution in [-0.2, 0) is 12.8 Å². The van der Waals surface area contributed by atoms with E-state index in [0.717, 1.165) is 10.9 Å². The average Bonchev–Trinajstić information content (AvgIpc) is 2.93. The Hall–Kier alpha value is -0.710. The molecule has 1 atom stereocenters. The number of fused-ring (bicyclic) bond motifs is 1. The first-order valence-corrected chi connectivity index (χ1v) is 7.80. The van der Waals surface area contributed by atoms with Gasteiger partial charge < -0.3 is 5.32 Å². The Morgan fingerprint density at radius 2 is 2.17 bits per heavy atom. The predicted octanol–water partition coefficient (Wildman–Crippen LogP) is 3.70. The zero-order chi connectivity index (χ0) is 12.5. The van der Waals surface area contributed by atoms with Crippen LogP contribution in [0.25, 0.3) is 0 Å². The number of hydrogen-bond donors (Lipinski definition) is 1. The normalized spacial score (nSPS) is 15.7. The molecule has 0 spiro atoms. The summed E-state index contributed by atoms with van der Waals surface area (Å²) in [4.78, 5) is 6.30. The van der Waals surface area contributed by atoms with Gasteiger partial charge in [0.25, 0.3) is 0 Å². The highest BCUT2D eigenvalue weighted by atomic mass is 79.9. The fraction of sp³-hybridized carbons (Fsp3) is 0.357. The fourth-order valence-corrected chi connectivity index (χ4v) is 4.25. The van der Waals surface area contributed by atoms with E-state index in [2.05, 4.69) is 39.4 Å². The van der Waals surface area contributed by atoms with Crippen LogP contribution in [0.4, 0.5) is 0 Å². The molecular weight excluding hydrogens is 308 g/mol. The smallest absolute Gasteiger partial charge is 0.115 e. The maximum absolute atomic E-state index is 4.81. The third-order valence-electron chi connectivity index (χ3n) is 3.36. The molecule has 1 heterocycles. The van der Waals surface area contributed by atoms with E-state index in [0.29, 0.717) is 0 Å². The lowest BCUT2D eigenvalue weighted by Crippen LogP contribution is -2.18. The molecule has 1 N–H and O–H groups in total. The molecule has 18 heavy (non-hydrogen) atoms. The molecule has 2 aromatic rings. The summed E-state index contributed by atoms with van der Waals surface area (Å²) in [5.41, 5.74) is 2.58. The lowest BCUT2D eigenvalue weighted by molar-refractivity contribution is 0.680. The number of thiazole rings is 1. The molecule has 0 radical (unpaired) electrons. The third kappa shape index (κ3) is 2.13. The van der Waals surface area contributed by atoms with Crippen LogP contribution in [0.2, 0.25) is 0 Å². The molecule has 1 aliphatic rings. The van der Waals surface area contributed by atoms with Crippen molar-refractivity contribution in [2.45, 2.75) is 25.3 Å². The van der Waals surface area contributed by atoms with Crippen LogP contribution in [0.5, 0.6) is 0 Å². The van der Waals surface area contributed by atoms with Gasteiger partial charge in [0.15, 0.2) is 0 Å². The number of aryl methyl sites for hydroxylation is 2. The van der Waals surface area contributed by atoms with E-state index in [-0.39, 0.29) is 6.04 Å². The molecule has 1 aliphatic carbocycles. The Balaban J connectivity index is 1.99. The number of aromatic nitrogens is 1. The minimum atomic E-state index is 0.191. The Bertz CT molecular complexity index is 543.